The highest BCUT2D eigenvalue weighted by atomic mass is 79.9. The SMILES string of the molecule is O=C(O)c1cc(Br)n(CCN2CCOCC2)c1. The van der Waals surface area contributed by atoms with E-state index < -0.39 is 5.97 Å². The fraction of sp³-hybridized carbons (Fsp3) is 0.545. The summed E-state index contributed by atoms with van der Waals surface area (Å²) in [5.41, 5.74) is 0.318. The Hall–Kier alpha value is -0.850. The van der Waals surface area contributed by atoms with Gasteiger partial charge >= 0.3 is 5.97 Å². The summed E-state index contributed by atoms with van der Waals surface area (Å²) in [6.45, 7) is 5.17. The molecule has 0 atom stereocenters. The van der Waals surface area contributed by atoms with Crippen molar-refractivity contribution in [1.82, 2.24) is 9.47 Å². The average molecular weight is 303 g/mol. The van der Waals surface area contributed by atoms with Gasteiger partial charge in [0.1, 0.15) is 0 Å². The lowest BCUT2D eigenvalue weighted by atomic mass is 10.3. The maximum Gasteiger partial charge on any atom is 0.337 e. The van der Waals surface area contributed by atoms with Crippen molar-refractivity contribution >= 4 is 21.9 Å². The Morgan fingerprint density at radius 2 is 2.12 bits per heavy atom. The van der Waals surface area contributed by atoms with E-state index in [4.69, 9.17) is 9.84 Å². The molecule has 0 saturated carbocycles. The van der Waals surface area contributed by atoms with Crippen molar-refractivity contribution in [3.63, 3.8) is 0 Å². The number of halogens is 1. The summed E-state index contributed by atoms with van der Waals surface area (Å²) < 4.78 is 8.00. The molecular weight excluding hydrogens is 288 g/mol. The molecule has 5 nitrogen and oxygen atoms in total. The van der Waals surface area contributed by atoms with Crippen LogP contribution in [0.15, 0.2) is 16.9 Å². The predicted molar refractivity (Wildman–Crippen MR) is 66.4 cm³/mol. The first-order valence-corrected chi connectivity index (χ1v) is 6.35. The van der Waals surface area contributed by atoms with Gasteiger partial charge in [-0.25, -0.2) is 4.79 Å². The van der Waals surface area contributed by atoms with E-state index >= 15 is 0 Å². The Kier molecular flexibility index (Phi) is 4.20. The molecule has 1 aliphatic rings. The molecule has 0 radical (unpaired) electrons. The highest BCUT2D eigenvalue weighted by Gasteiger charge is 2.12. The normalized spacial score (nSPS) is 17.2. The van der Waals surface area contributed by atoms with Crippen molar-refractivity contribution in [1.29, 1.82) is 0 Å². The first kappa shape index (κ1) is 12.6. The third-order valence-electron chi connectivity index (χ3n) is 2.85. The molecule has 0 amide bonds. The molecule has 94 valence electrons. The second-order valence-electron chi connectivity index (χ2n) is 4.00. The Morgan fingerprint density at radius 1 is 1.41 bits per heavy atom. The monoisotopic (exact) mass is 302 g/mol. The average Bonchev–Trinajstić information content (AvgIpc) is 2.70. The molecule has 2 rings (SSSR count). The lowest BCUT2D eigenvalue weighted by Gasteiger charge is -2.26. The number of aromatic carboxylic acids is 1. The number of carboxylic acid groups (broad SMARTS) is 1. The van der Waals surface area contributed by atoms with Gasteiger partial charge in [-0.15, -0.1) is 0 Å². The van der Waals surface area contributed by atoms with Crippen LogP contribution < -0.4 is 0 Å². The van der Waals surface area contributed by atoms with Crippen LogP contribution in [-0.2, 0) is 11.3 Å². The highest BCUT2D eigenvalue weighted by Crippen LogP contribution is 2.15. The van der Waals surface area contributed by atoms with Gasteiger partial charge < -0.3 is 14.4 Å². The van der Waals surface area contributed by atoms with Crippen LogP contribution in [0.4, 0.5) is 0 Å². The van der Waals surface area contributed by atoms with Gasteiger partial charge in [-0.1, -0.05) is 0 Å². The predicted octanol–water partition coefficient (Wildman–Crippen LogP) is 1.28. The maximum absolute atomic E-state index is 10.8. The van der Waals surface area contributed by atoms with Crippen LogP contribution in [0, 0.1) is 0 Å². The first-order chi connectivity index (χ1) is 8.16. The largest absolute Gasteiger partial charge is 0.478 e. The summed E-state index contributed by atoms with van der Waals surface area (Å²) in [7, 11) is 0. The second-order valence-corrected chi connectivity index (χ2v) is 4.82. The molecule has 1 fully saturated rings. The molecule has 0 aliphatic carbocycles. The van der Waals surface area contributed by atoms with E-state index in [1.54, 1.807) is 12.3 Å². The summed E-state index contributed by atoms with van der Waals surface area (Å²) in [5, 5.41) is 8.88. The smallest absolute Gasteiger partial charge is 0.337 e. The van der Waals surface area contributed by atoms with E-state index in [1.807, 2.05) is 4.57 Å². The number of hydrogen-bond donors (Lipinski definition) is 1. The topological polar surface area (TPSA) is 54.7 Å². The minimum absolute atomic E-state index is 0.318. The number of hydrogen-bond acceptors (Lipinski definition) is 3. The zero-order valence-electron chi connectivity index (χ0n) is 9.43. The van der Waals surface area contributed by atoms with Gasteiger partial charge in [-0.05, 0) is 22.0 Å². The van der Waals surface area contributed by atoms with Crippen LogP contribution in [0.3, 0.4) is 0 Å². The van der Waals surface area contributed by atoms with E-state index in [2.05, 4.69) is 20.8 Å². The van der Waals surface area contributed by atoms with E-state index in [0.717, 1.165) is 44.0 Å². The standard InChI is InChI=1S/C11H15BrN2O3/c12-10-7-9(11(15)16)8-14(10)2-1-13-3-5-17-6-4-13/h7-8H,1-6H2,(H,15,16). The molecule has 1 aromatic heterocycles. The first-order valence-electron chi connectivity index (χ1n) is 5.56. The molecule has 1 saturated heterocycles. The molecule has 0 unspecified atom stereocenters. The Labute approximate surface area is 108 Å². The number of carboxylic acids is 1. The van der Waals surface area contributed by atoms with Crippen molar-refractivity contribution in [2.24, 2.45) is 0 Å². The number of nitrogens with zero attached hydrogens (tertiary/aromatic N) is 2. The zero-order valence-corrected chi connectivity index (χ0v) is 11.0. The minimum atomic E-state index is -0.893. The summed E-state index contributed by atoms with van der Waals surface area (Å²) >= 11 is 3.37. The molecule has 17 heavy (non-hydrogen) atoms. The third kappa shape index (κ3) is 3.31. The van der Waals surface area contributed by atoms with Gasteiger partial charge in [0.05, 0.1) is 23.4 Å². The van der Waals surface area contributed by atoms with Gasteiger partial charge in [-0.2, -0.15) is 0 Å². The van der Waals surface area contributed by atoms with Crippen LogP contribution in [0.5, 0.6) is 0 Å². The highest BCUT2D eigenvalue weighted by molar-refractivity contribution is 9.10. The van der Waals surface area contributed by atoms with Gasteiger partial charge in [0.15, 0.2) is 0 Å². The van der Waals surface area contributed by atoms with Gasteiger partial charge in [0.2, 0.25) is 0 Å². The number of rotatable bonds is 4. The van der Waals surface area contributed by atoms with Crippen LogP contribution in [0.2, 0.25) is 0 Å². The Balaban J connectivity index is 1.91. The van der Waals surface area contributed by atoms with E-state index in [-0.39, 0.29) is 0 Å². The van der Waals surface area contributed by atoms with Crippen molar-refractivity contribution in [2.75, 3.05) is 32.8 Å². The van der Waals surface area contributed by atoms with E-state index in [0.29, 0.717) is 5.56 Å². The van der Waals surface area contributed by atoms with E-state index in [9.17, 15) is 4.79 Å². The summed E-state index contributed by atoms with van der Waals surface area (Å²) in [5.74, 6) is -0.893. The molecule has 0 spiro atoms. The van der Waals surface area contributed by atoms with Gasteiger partial charge in [-0.3, -0.25) is 4.90 Å². The summed E-state index contributed by atoms with van der Waals surface area (Å²) in [6, 6.07) is 1.63. The fourth-order valence-electron chi connectivity index (χ4n) is 1.84. The van der Waals surface area contributed by atoms with Crippen LogP contribution in [-0.4, -0.2) is 53.4 Å². The van der Waals surface area contributed by atoms with Crippen LogP contribution in [0.1, 0.15) is 10.4 Å². The third-order valence-corrected chi connectivity index (χ3v) is 3.54. The lowest BCUT2D eigenvalue weighted by molar-refractivity contribution is 0.0363. The zero-order chi connectivity index (χ0) is 12.3. The number of morpholine rings is 1. The number of ether oxygens (including phenoxy) is 1. The van der Waals surface area contributed by atoms with Gasteiger partial charge in [0, 0.05) is 32.4 Å². The second kappa shape index (κ2) is 5.66. The van der Waals surface area contributed by atoms with Crippen molar-refractivity contribution in [2.45, 2.75) is 6.54 Å². The molecule has 6 heteroatoms. The van der Waals surface area contributed by atoms with E-state index in [1.165, 1.54) is 0 Å². The molecule has 1 N–H and O–H groups in total. The van der Waals surface area contributed by atoms with Crippen molar-refractivity contribution in [3.8, 4) is 0 Å². The fourth-order valence-corrected chi connectivity index (χ4v) is 2.37. The number of carbonyl (C=O) groups is 1. The molecular formula is C11H15BrN2O3. The maximum atomic E-state index is 10.8. The lowest BCUT2D eigenvalue weighted by Crippen LogP contribution is -2.38. The summed E-state index contributed by atoms with van der Waals surface area (Å²) in [4.78, 5) is 13.1. The number of aromatic nitrogens is 1. The molecule has 1 aliphatic heterocycles. The summed E-state index contributed by atoms with van der Waals surface area (Å²) in [6.07, 6.45) is 1.66. The van der Waals surface area contributed by atoms with Crippen molar-refractivity contribution in [3.05, 3.63) is 22.4 Å². The quantitative estimate of drug-likeness (QED) is 0.910. The molecule has 0 aromatic carbocycles. The Bertz CT molecular complexity index is 399. The molecule has 0 bridgehead atoms. The molecule has 2 heterocycles. The molecule has 1 aromatic rings. The minimum Gasteiger partial charge on any atom is -0.478 e. The van der Waals surface area contributed by atoms with Crippen molar-refractivity contribution < 1.29 is 14.6 Å². The van der Waals surface area contributed by atoms with Crippen LogP contribution >= 0.6 is 15.9 Å². The van der Waals surface area contributed by atoms with Crippen LogP contribution in [0.25, 0.3) is 0 Å². The van der Waals surface area contributed by atoms with Gasteiger partial charge in [0.25, 0.3) is 0 Å². The Morgan fingerprint density at radius 3 is 2.71 bits per heavy atom.